The smallest absolute Gasteiger partial charge is 0.342 e. The second-order valence-electron chi connectivity index (χ2n) is 6.14. The summed E-state index contributed by atoms with van der Waals surface area (Å²) in [5, 5.41) is 8.30. The Hall–Kier alpha value is -3.81. The number of carbonyl (C=O) groups excluding carboxylic acids is 1. The van der Waals surface area contributed by atoms with E-state index in [1.165, 1.54) is 0 Å². The molecule has 8 heteroatoms. The molecule has 4 rings (SSSR count). The predicted octanol–water partition coefficient (Wildman–Crippen LogP) is 3.54. The third-order valence-electron chi connectivity index (χ3n) is 4.06. The summed E-state index contributed by atoms with van der Waals surface area (Å²) < 4.78 is 12.3. The zero-order chi connectivity index (χ0) is 19.5. The highest BCUT2D eigenvalue weighted by Crippen LogP contribution is 2.26. The number of ether oxygens (including phenoxy) is 1. The molecule has 1 atom stereocenters. The van der Waals surface area contributed by atoms with Gasteiger partial charge in [-0.15, -0.1) is 0 Å². The highest BCUT2D eigenvalue weighted by molar-refractivity contribution is 5.96. The van der Waals surface area contributed by atoms with E-state index in [-0.39, 0.29) is 5.89 Å². The molecule has 28 heavy (non-hydrogen) atoms. The van der Waals surface area contributed by atoms with E-state index in [1.54, 1.807) is 43.2 Å². The third-order valence-corrected chi connectivity index (χ3v) is 4.06. The van der Waals surface area contributed by atoms with Gasteiger partial charge < -0.3 is 9.26 Å². The summed E-state index contributed by atoms with van der Waals surface area (Å²) in [5.41, 5.74) is 2.34. The Kier molecular flexibility index (Phi) is 4.67. The zero-order valence-electron chi connectivity index (χ0n) is 15.3. The molecule has 0 fully saturated rings. The quantitative estimate of drug-likeness (QED) is 0.492. The fraction of sp³-hybridized carbons (Fsp3) is 0.150. The number of rotatable bonds is 5. The van der Waals surface area contributed by atoms with Crippen LogP contribution in [0.1, 0.15) is 35.1 Å². The molecule has 4 aromatic rings. The third kappa shape index (κ3) is 3.52. The van der Waals surface area contributed by atoms with Crippen LogP contribution in [0, 0.1) is 6.92 Å². The van der Waals surface area contributed by atoms with Crippen LogP contribution in [0.25, 0.3) is 16.9 Å². The van der Waals surface area contributed by atoms with E-state index in [0.717, 1.165) is 5.69 Å². The van der Waals surface area contributed by atoms with Gasteiger partial charge in [-0.25, -0.2) is 9.48 Å². The Balaban J connectivity index is 1.70. The molecule has 1 unspecified atom stereocenters. The summed E-state index contributed by atoms with van der Waals surface area (Å²) in [6.45, 7) is 3.38. The SMILES string of the molecule is Cc1noc(C(C)OC(=O)c2cn(-c3ccccc3)nc2-c2cccnc2)n1. The lowest BCUT2D eigenvalue weighted by molar-refractivity contribution is 0.0266. The zero-order valence-corrected chi connectivity index (χ0v) is 15.3. The van der Waals surface area contributed by atoms with Crippen LogP contribution in [0.3, 0.4) is 0 Å². The highest BCUT2D eigenvalue weighted by Gasteiger charge is 2.24. The van der Waals surface area contributed by atoms with Gasteiger partial charge >= 0.3 is 5.97 Å². The summed E-state index contributed by atoms with van der Waals surface area (Å²) in [6.07, 6.45) is 4.27. The maximum Gasteiger partial charge on any atom is 0.342 e. The van der Waals surface area contributed by atoms with Crippen molar-refractivity contribution >= 4 is 5.97 Å². The number of aryl methyl sites for hydroxylation is 1. The van der Waals surface area contributed by atoms with Crippen LogP contribution in [-0.2, 0) is 4.74 Å². The molecular weight excluding hydrogens is 358 g/mol. The summed E-state index contributed by atoms with van der Waals surface area (Å²) in [7, 11) is 0. The van der Waals surface area contributed by atoms with Gasteiger partial charge in [-0.2, -0.15) is 10.1 Å². The molecular formula is C20H17N5O3. The number of aromatic nitrogens is 5. The molecule has 140 valence electrons. The molecule has 0 N–H and O–H groups in total. The van der Waals surface area contributed by atoms with E-state index in [9.17, 15) is 4.79 Å². The van der Waals surface area contributed by atoms with Gasteiger partial charge in [0, 0.05) is 24.2 Å². The summed E-state index contributed by atoms with van der Waals surface area (Å²) in [5.74, 6) is 0.180. The van der Waals surface area contributed by atoms with E-state index >= 15 is 0 Å². The Bertz CT molecular complexity index is 1090. The van der Waals surface area contributed by atoms with Crippen LogP contribution in [-0.4, -0.2) is 30.9 Å². The average molecular weight is 375 g/mol. The van der Waals surface area contributed by atoms with Crippen LogP contribution >= 0.6 is 0 Å². The topological polar surface area (TPSA) is 95.9 Å². The van der Waals surface area contributed by atoms with Crippen LogP contribution in [0.5, 0.6) is 0 Å². The maximum absolute atomic E-state index is 12.9. The van der Waals surface area contributed by atoms with Crippen LogP contribution in [0.2, 0.25) is 0 Å². The van der Waals surface area contributed by atoms with Crippen molar-refractivity contribution in [3.8, 4) is 16.9 Å². The summed E-state index contributed by atoms with van der Waals surface area (Å²) in [4.78, 5) is 21.1. The fourth-order valence-electron chi connectivity index (χ4n) is 2.71. The molecule has 0 radical (unpaired) electrons. The molecule has 0 saturated carbocycles. The molecule has 3 heterocycles. The van der Waals surface area contributed by atoms with Crippen molar-refractivity contribution in [1.29, 1.82) is 0 Å². The highest BCUT2D eigenvalue weighted by atomic mass is 16.6. The van der Waals surface area contributed by atoms with E-state index in [0.29, 0.717) is 22.6 Å². The molecule has 0 aliphatic heterocycles. The molecule has 0 saturated heterocycles. The number of nitrogens with zero attached hydrogens (tertiary/aromatic N) is 5. The van der Waals surface area contributed by atoms with Gasteiger partial charge in [0.2, 0.25) is 0 Å². The second-order valence-corrected chi connectivity index (χ2v) is 6.14. The number of hydrogen-bond donors (Lipinski definition) is 0. The number of esters is 1. The minimum absolute atomic E-state index is 0.240. The number of para-hydroxylation sites is 1. The largest absolute Gasteiger partial charge is 0.449 e. The van der Waals surface area contributed by atoms with Gasteiger partial charge in [-0.05, 0) is 38.1 Å². The van der Waals surface area contributed by atoms with Gasteiger partial charge in [0.15, 0.2) is 11.9 Å². The Morgan fingerprint density at radius 3 is 2.68 bits per heavy atom. The molecule has 1 aromatic carbocycles. The van der Waals surface area contributed by atoms with Crippen molar-refractivity contribution in [1.82, 2.24) is 24.9 Å². The van der Waals surface area contributed by atoms with Gasteiger partial charge in [0.1, 0.15) is 11.3 Å². The molecule has 8 nitrogen and oxygen atoms in total. The molecule has 3 aromatic heterocycles. The first-order valence-electron chi connectivity index (χ1n) is 8.68. The first kappa shape index (κ1) is 17.6. The van der Waals surface area contributed by atoms with Crippen molar-refractivity contribution in [3.63, 3.8) is 0 Å². The lowest BCUT2D eigenvalue weighted by Gasteiger charge is -2.08. The molecule has 0 aliphatic carbocycles. The van der Waals surface area contributed by atoms with Crippen molar-refractivity contribution in [2.45, 2.75) is 20.0 Å². The number of benzene rings is 1. The van der Waals surface area contributed by atoms with E-state index in [4.69, 9.17) is 9.26 Å². The van der Waals surface area contributed by atoms with Crippen LogP contribution in [0.4, 0.5) is 0 Å². The van der Waals surface area contributed by atoms with Crippen molar-refractivity contribution in [2.24, 2.45) is 0 Å². The average Bonchev–Trinajstić information content (AvgIpc) is 3.36. The molecule has 0 aliphatic rings. The van der Waals surface area contributed by atoms with Crippen molar-refractivity contribution in [3.05, 3.63) is 78.3 Å². The number of pyridine rings is 1. The summed E-state index contributed by atoms with van der Waals surface area (Å²) >= 11 is 0. The van der Waals surface area contributed by atoms with Crippen LogP contribution in [0.15, 0.2) is 65.6 Å². The minimum atomic E-state index is -0.685. The number of carbonyl (C=O) groups is 1. The molecule has 0 amide bonds. The lowest BCUT2D eigenvalue weighted by atomic mass is 10.1. The van der Waals surface area contributed by atoms with E-state index in [1.807, 2.05) is 36.4 Å². The van der Waals surface area contributed by atoms with Gasteiger partial charge in [0.25, 0.3) is 5.89 Å². The second kappa shape index (κ2) is 7.43. The van der Waals surface area contributed by atoms with E-state index < -0.39 is 12.1 Å². The first-order valence-corrected chi connectivity index (χ1v) is 8.68. The van der Waals surface area contributed by atoms with Gasteiger partial charge in [-0.3, -0.25) is 4.98 Å². The Labute approximate surface area is 160 Å². The number of hydrogen-bond acceptors (Lipinski definition) is 7. The van der Waals surface area contributed by atoms with Gasteiger partial charge in [0.05, 0.1) is 5.69 Å². The van der Waals surface area contributed by atoms with E-state index in [2.05, 4.69) is 20.2 Å². The first-order chi connectivity index (χ1) is 13.6. The standard InChI is InChI=1S/C20H17N5O3/c1-13(19-22-14(2)24-28-19)27-20(26)17-12-25(16-8-4-3-5-9-16)23-18(17)15-7-6-10-21-11-15/h3-13H,1-2H3. The Morgan fingerprint density at radius 2 is 2.00 bits per heavy atom. The van der Waals surface area contributed by atoms with Crippen molar-refractivity contribution < 1.29 is 14.1 Å². The minimum Gasteiger partial charge on any atom is -0.449 e. The summed E-state index contributed by atoms with van der Waals surface area (Å²) in [6, 6.07) is 13.1. The van der Waals surface area contributed by atoms with Gasteiger partial charge in [-0.1, -0.05) is 23.4 Å². The maximum atomic E-state index is 12.9. The molecule has 0 bridgehead atoms. The predicted molar refractivity (Wildman–Crippen MR) is 99.7 cm³/mol. The fourth-order valence-corrected chi connectivity index (χ4v) is 2.71. The Morgan fingerprint density at radius 1 is 1.18 bits per heavy atom. The lowest BCUT2D eigenvalue weighted by Crippen LogP contribution is -2.10. The molecule has 0 spiro atoms. The monoisotopic (exact) mass is 375 g/mol. The van der Waals surface area contributed by atoms with Crippen molar-refractivity contribution in [2.75, 3.05) is 0 Å². The van der Waals surface area contributed by atoms with Crippen LogP contribution < -0.4 is 0 Å². The normalized spacial score (nSPS) is 11.9.